The number of aliphatic carboxylic acids is 1. The highest BCUT2D eigenvalue weighted by atomic mass is 16.4. The Hall–Kier alpha value is -1.35. The number of rotatable bonds is 15. The maximum absolute atomic E-state index is 10.4. The zero-order valence-electron chi connectivity index (χ0n) is 15.4. The van der Waals surface area contributed by atoms with Gasteiger partial charge in [-0.2, -0.15) is 0 Å². The first kappa shape index (κ1) is 20.7. The van der Waals surface area contributed by atoms with Crippen molar-refractivity contribution in [3.05, 3.63) is 35.4 Å². The largest absolute Gasteiger partial charge is 0.481 e. The number of carbonyl (C=O) groups is 1. The van der Waals surface area contributed by atoms with Crippen LogP contribution in [0.15, 0.2) is 24.3 Å². The molecule has 1 rings (SSSR count). The molecule has 1 aromatic carbocycles. The quantitative estimate of drug-likeness (QED) is 0.427. The van der Waals surface area contributed by atoms with Crippen LogP contribution in [0, 0.1) is 0 Å². The first-order valence-corrected chi connectivity index (χ1v) is 9.72. The molecule has 0 amide bonds. The van der Waals surface area contributed by atoms with Crippen molar-refractivity contribution in [2.24, 2.45) is 0 Å². The summed E-state index contributed by atoms with van der Waals surface area (Å²) in [6.07, 6.45) is 13.0. The molecule has 136 valence electrons. The highest BCUT2D eigenvalue weighted by Gasteiger charge is 1.98. The minimum Gasteiger partial charge on any atom is -0.481 e. The van der Waals surface area contributed by atoms with Gasteiger partial charge in [-0.1, -0.05) is 76.1 Å². The normalized spacial score (nSPS) is 10.9. The van der Waals surface area contributed by atoms with Crippen molar-refractivity contribution in [3.8, 4) is 0 Å². The zero-order valence-corrected chi connectivity index (χ0v) is 15.4. The molecule has 1 aromatic rings. The van der Waals surface area contributed by atoms with Crippen molar-refractivity contribution in [1.82, 2.24) is 5.32 Å². The molecule has 24 heavy (non-hydrogen) atoms. The van der Waals surface area contributed by atoms with Gasteiger partial charge in [-0.05, 0) is 36.9 Å². The van der Waals surface area contributed by atoms with Crippen LogP contribution in [0.4, 0.5) is 0 Å². The van der Waals surface area contributed by atoms with Crippen molar-refractivity contribution >= 4 is 5.97 Å². The molecule has 0 aliphatic heterocycles. The van der Waals surface area contributed by atoms with Gasteiger partial charge >= 0.3 is 5.97 Å². The standard InChI is InChI=1S/C21H35NO2/c1-2-3-4-5-6-7-8-9-11-19-13-15-20(16-14-19)18-22-17-10-12-21(23)24/h13-16,22H,2-12,17-18H2,1H3,(H,23,24). The fraction of sp³-hybridized carbons (Fsp3) is 0.667. The van der Waals surface area contributed by atoms with Gasteiger partial charge in [0.2, 0.25) is 0 Å². The van der Waals surface area contributed by atoms with Crippen LogP contribution in [-0.4, -0.2) is 17.6 Å². The van der Waals surface area contributed by atoms with Crippen LogP contribution in [0.1, 0.15) is 82.3 Å². The van der Waals surface area contributed by atoms with Gasteiger partial charge in [-0.15, -0.1) is 0 Å². The molecule has 0 aliphatic carbocycles. The molecule has 0 spiro atoms. The van der Waals surface area contributed by atoms with E-state index < -0.39 is 5.97 Å². The highest BCUT2D eigenvalue weighted by Crippen LogP contribution is 2.12. The van der Waals surface area contributed by atoms with Crippen LogP contribution >= 0.6 is 0 Å². The Kier molecular flexibility index (Phi) is 12.1. The third-order valence-electron chi connectivity index (χ3n) is 4.42. The summed E-state index contributed by atoms with van der Waals surface area (Å²) < 4.78 is 0. The summed E-state index contributed by atoms with van der Waals surface area (Å²) >= 11 is 0. The molecule has 0 saturated carbocycles. The minimum absolute atomic E-state index is 0.241. The van der Waals surface area contributed by atoms with Crippen molar-refractivity contribution in [3.63, 3.8) is 0 Å². The lowest BCUT2D eigenvalue weighted by Crippen LogP contribution is -2.15. The molecular weight excluding hydrogens is 298 g/mol. The number of benzene rings is 1. The van der Waals surface area contributed by atoms with Gasteiger partial charge in [0.25, 0.3) is 0 Å². The van der Waals surface area contributed by atoms with E-state index in [0.717, 1.165) is 13.1 Å². The maximum Gasteiger partial charge on any atom is 0.303 e. The molecule has 2 N–H and O–H groups in total. The number of aryl methyl sites for hydroxylation is 1. The second-order valence-corrected chi connectivity index (χ2v) is 6.72. The smallest absolute Gasteiger partial charge is 0.303 e. The lowest BCUT2D eigenvalue weighted by molar-refractivity contribution is -0.137. The lowest BCUT2D eigenvalue weighted by atomic mass is 10.0. The Bertz CT molecular complexity index is 428. The summed E-state index contributed by atoms with van der Waals surface area (Å²) in [5, 5.41) is 11.9. The maximum atomic E-state index is 10.4. The van der Waals surface area contributed by atoms with Gasteiger partial charge in [-0.3, -0.25) is 4.79 Å². The summed E-state index contributed by atoms with van der Waals surface area (Å²) in [4.78, 5) is 10.4. The van der Waals surface area contributed by atoms with Crippen LogP contribution in [0.2, 0.25) is 0 Å². The number of carboxylic acids is 1. The first-order chi connectivity index (χ1) is 11.7. The van der Waals surface area contributed by atoms with Crippen molar-refractivity contribution in [1.29, 1.82) is 0 Å². The average molecular weight is 334 g/mol. The fourth-order valence-corrected chi connectivity index (χ4v) is 2.88. The van der Waals surface area contributed by atoms with Crippen LogP contribution in [0.5, 0.6) is 0 Å². The van der Waals surface area contributed by atoms with Crippen LogP contribution in [0.3, 0.4) is 0 Å². The molecular formula is C21H35NO2. The van der Waals surface area contributed by atoms with Gasteiger partial charge < -0.3 is 10.4 Å². The van der Waals surface area contributed by atoms with E-state index in [1.807, 2.05) is 0 Å². The van der Waals surface area contributed by atoms with Gasteiger partial charge in [-0.25, -0.2) is 0 Å². The fourth-order valence-electron chi connectivity index (χ4n) is 2.88. The molecule has 3 heteroatoms. The van der Waals surface area contributed by atoms with Crippen molar-refractivity contribution in [2.45, 2.75) is 84.1 Å². The second-order valence-electron chi connectivity index (χ2n) is 6.72. The Morgan fingerprint density at radius 1 is 0.875 bits per heavy atom. The molecule has 0 aromatic heterocycles. The molecule has 0 saturated heterocycles. The van der Waals surface area contributed by atoms with Gasteiger partial charge in [0.15, 0.2) is 0 Å². The Morgan fingerprint density at radius 2 is 1.46 bits per heavy atom. The van der Waals surface area contributed by atoms with E-state index in [1.54, 1.807) is 0 Å². The molecule has 3 nitrogen and oxygen atoms in total. The van der Waals surface area contributed by atoms with E-state index in [9.17, 15) is 4.79 Å². The molecule has 0 unspecified atom stereocenters. The summed E-state index contributed by atoms with van der Waals surface area (Å²) in [5.41, 5.74) is 2.70. The van der Waals surface area contributed by atoms with E-state index in [-0.39, 0.29) is 6.42 Å². The molecule has 0 aliphatic rings. The average Bonchev–Trinajstić information content (AvgIpc) is 2.58. The van der Waals surface area contributed by atoms with Gasteiger partial charge in [0.05, 0.1) is 0 Å². The molecule has 0 radical (unpaired) electrons. The first-order valence-electron chi connectivity index (χ1n) is 9.72. The highest BCUT2D eigenvalue weighted by molar-refractivity contribution is 5.66. The monoisotopic (exact) mass is 333 g/mol. The summed E-state index contributed by atoms with van der Waals surface area (Å²) in [5.74, 6) is -0.720. The Labute approximate surface area is 147 Å². The molecule has 0 atom stereocenters. The van der Waals surface area contributed by atoms with E-state index in [0.29, 0.717) is 6.42 Å². The minimum atomic E-state index is -0.720. The third kappa shape index (κ3) is 11.2. The van der Waals surface area contributed by atoms with Crippen molar-refractivity contribution in [2.75, 3.05) is 6.54 Å². The summed E-state index contributed by atoms with van der Waals surface area (Å²) in [6, 6.07) is 8.83. The topological polar surface area (TPSA) is 49.3 Å². The number of nitrogens with one attached hydrogen (secondary N) is 1. The van der Waals surface area contributed by atoms with Gasteiger partial charge in [0.1, 0.15) is 0 Å². The number of hydrogen-bond acceptors (Lipinski definition) is 2. The third-order valence-corrected chi connectivity index (χ3v) is 4.42. The zero-order chi connectivity index (χ0) is 17.5. The van der Waals surface area contributed by atoms with Crippen LogP contribution in [0.25, 0.3) is 0 Å². The summed E-state index contributed by atoms with van der Waals surface area (Å²) in [6.45, 7) is 3.84. The van der Waals surface area contributed by atoms with Crippen LogP contribution in [-0.2, 0) is 17.8 Å². The number of carboxylic acid groups (broad SMARTS) is 1. The second kappa shape index (κ2) is 14.0. The number of unbranched alkanes of at least 4 members (excludes halogenated alkanes) is 7. The Morgan fingerprint density at radius 3 is 2.08 bits per heavy atom. The molecule has 0 heterocycles. The molecule has 0 fully saturated rings. The van der Waals surface area contributed by atoms with E-state index in [2.05, 4.69) is 36.5 Å². The van der Waals surface area contributed by atoms with Crippen LogP contribution < -0.4 is 5.32 Å². The SMILES string of the molecule is CCCCCCCCCCc1ccc(CNCCCC(=O)O)cc1. The van der Waals surface area contributed by atoms with E-state index in [4.69, 9.17) is 5.11 Å². The van der Waals surface area contributed by atoms with E-state index >= 15 is 0 Å². The summed E-state index contributed by atoms with van der Waals surface area (Å²) in [7, 11) is 0. The predicted molar refractivity (Wildman–Crippen MR) is 101 cm³/mol. The van der Waals surface area contributed by atoms with Gasteiger partial charge in [0, 0.05) is 13.0 Å². The molecule has 0 bridgehead atoms. The van der Waals surface area contributed by atoms with Crippen molar-refractivity contribution < 1.29 is 9.90 Å². The lowest BCUT2D eigenvalue weighted by Gasteiger charge is -2.06. The number of hydrogen-bond donors (Lipinski definition) is 2. The predicted octanol–water partition coefficient (Wildman–Crippen LogP) is 5.32. The Balaban J connectivity index is 2.04. The van der Waals surface area contributed by atoms with E-state index in [1.165, 1.54) is 68.9 Å².